The molecule has 0 aliphatic carbocycles. The van der Waals surface area contributed by atoms with Crippen LogP contribution in [0.5, 0.6) is 5.75 Å². The van der Waals surface area contributed by atoms with Crippen LogP contribution < -0.4 is 10.1 Å². The van der Waals surface area contributed by atoms with Gasteiger partial charge in [0.2, 0.25) is 0 Å². The summed E-state index contributed by atoms with van der Waals surface area (Å²) in [6.45, 7) is 9.25. The summed E-state index contributed by atoms with van der Waals surface area (Å²) in [5.74, 6) is 0.955. The lowest BCUT2D eigenvalue weighted by Crippen LogP contribution is -2.44. The van der Waals surface area contributed by atoms with Crippen molar-refractivity contribution >= 4 is 0 Å². The van der Waals surface area contributed by atoms with Crippen LogP contribution >= 0.6 is 0 Å². The molecule has 140 valence electrons. The van der Waals surface area contributed by atoms with Gasteiger partial charge in [-0.1, -0.05) is 18.2 Å². The molecule has 3 rings (SSSR count). The molecular weight excluding hydrogens is 326 g/mol. The Morgan fingerprint density at radius 1 is 1.27 bits per heavy atom. The van der Waals surface area contributed by atoms with E-state index < -0.39 is 0 Å². The molecule has 1 fully saturated rings. The maximum Gasteiger partial charge on any atom is 0.130 e. The largest absolute Gasteiger partial charge is 0.487 e. The molecule has 5 heteroatoms. The lowest BCUT2D eigenvalue weighted by Gasteiger charge is -2.30. The van der Waals surface area contributed by atoms with Crippen molar-refractivity contribution in [1.82, 2.24) is 15.2 Å². The summed E-state index contributed by atoms with van der Waals surface area (Å²) in [4.78, 5) is 6.63. The molecule has 5 nitrogen and oxygen atoms in total. The number of aromatic nitrogens is 1. The molecular formula is C21H29N3O2. The van der Waals surface area contributed by atoms with E-state index in [4.69, 9.17) is 9.47 Å². The predicted octanol–water partition coefficient (Wildman–Crippen LogP) is 2.70. The number of rotatable bonds is 7. The van der Waals surface area contributed by atoms with Gasteiger partial charge in [0.05, 0.1) is 18.4 Å². The summed E-state index contributed by atoms with van der Waals surface area (Å²) < 4.78 is 11.8. The third-order valence-electron chi connectivity index (χ3n) is 4.65. The van der Waals surface area contributed by atoms with E-state index in [-0.39, 0.29) is 6.10 Å². The van der Waals surface area contributed by atoms with E-state index in [2.05, 4.69) is 48.2 Å². The monoisotopic (exact) mass is 355 g/mol. The highest BCUT2D eigenvalue weighted by molar-refractivity contribution is 5.43. The molecule has 0 amide bonds. The number of ether oxygens (including phenoxy) is 2. The minimum atomic E-state index is 0.275. The van der Waals surface area contributed by atoms with E-state index in [1.54, 1.807) is 6.20 Å². The van der Waals surface area contributed by atoms with Crippen molar-refractivity contribution in [2.24, 2.45) is 0 Å². The second-order valence-corrected chi connectivity index (χ2v) is 7.05. The molecule has 0 bridgehead atoms. The second-order valence-electron chi connectivity index (χ2n) is 7.05. The van der Waals surface area contributed by atoms with Crippen LogP contribution in [-0.2, 0) is 17.9 Å². The summed E-state index contributed by atoms with van der Waals surface area (Å²) in [6, 6.07) is 10.3. The summed E-state index contributed by atoms with van der Waals surface area (Å²) in [6.07, 6.45) is 2.07. The molecule has 0 unspecified atom stereocenters. The third kappa shape index (κ3) is 5.27. The van der Waals surface area contributed by atoms with Gasteiger partial charge in [0, 0.05) is 32.4 Å². The van der Waals surface area contributed by atoms with Gasteiger partial charge >= 0.3 is 0 Å². The van der Waals surface area contributed by atoms with Gasteiger partial charge in [-0.3, -0.25) is 4.98 Å². The predicted molar refractivity (Wildman–Crippen MR) is 103 cm³/mol. The molecule has 2 heterocycles. The maximum absolute atomic E-state index is 6.01. The number of pyridine rings is 1. The minimum absolute atomic E-state index is 0.275. The van der Waals surface area contributed by atoms with Gasteiger partial charge in [-0.05, 0) is 49.7 Å². The SMILES string of the molecule is Cc1cc(CNC[C@@H]2CN(C)CCO2)cc(C)c1OCc1ccccn1. The molecule has 1 aromatic heterocycles. The fraction of sp³-hybridized carbons (Fsp3) is 0.476. The van der Waals surface area contributed by atoms with E-state index in [1.165, 1.54) is 5.56 Å². The molecule has 0 radical (unpaired) electrons. The molecule has 1 aliphatic rings. The van der Waals surface area contributed by atoms with Gasteiger partial charge in [0.15, 0.2) is 0 Å². The van der Waals surface area contributed by atoms with Gasteiger partial charge in [0.25, 0.3) is 0 Å². The number of benzene rings is 1. The van der Waals surface area contributed by atoms with E-state index in [9.17, 15) is 0 Å². The van der Waals surface area contributed by atoms with E-state index >= 15 is 0 Å². The molecule has 1 atom stereocenters. The Hall–Kier alpha value is -1.95. The second kappa shape index (κ2) is 9.12. The Balaban J connectivity index is 1.53. The number of hydrogen-bond donors (Lipinski definition) is 1. The summed E-state index contributed by atoms with van der Waals surface area (Å²) >= 11 is 0. The number of likely N-dealkylation sites (N-methyl/N-ethyl adjacent to an activating group) is 1. The number of hydrogen-bond acceptors (Lipinski definition) is 5. The number of nitrogens with zero attached hydrogens (tertiary/aromatic N) is 2. The van der Waals surface area contributed by atoms with Crippen molar-refractivity contribution in [2.45, 2.75) is 33.1 Å². The van der Waals surface area contributed by atoms with E-state index in [0.29, 0.717) is 6.61 Å². The first kappa shape index (κ1) is 18.8. The van der Waals surface area contributed by atoms with Gasteiger partial charge in [-0.2, -0.15) is 0 Å². The third-order valence-corrected chi connectivity index (χ3v) is 4.65. The number of aryl methyl sites for hydroxylation is 2. The lowest BCUT2D eigenvalue weighted by atomic mass is 10.1. The van der Waals surface area contributed by atoms with Gasteiger partial charge in [-0.25, -0.2) is 0 Å². The van der Waals surface area contributed by atoms with Gasteiger partial charge < -0.3 is 19.7 Å². The molecule has 26 heavy (non-hydrogen) atoms. The smallest absolute Gasteiger partial charge is 0.130 e. The van der Waals surface area contributed by atoms with Gasteiger partial charge in [-0.15, -0.1) is 0 Å². The summed E-state index contributed by atoms with van der Waals surface area (Å²) in [5.41, 5.74) is 4.53. The Kier molecular flexibility index (Phi) is 6.61. The van der Waals surface area contributed by atoms with Crippen molar-refractivity contribution in [2.75, 3.05) is 33.3 Å². The quantitative estimate of drug-likeness (QED) is 0.827. The zero-order chi connectivity index (χ0) is 18.4. The number of morpholine rings is 1. The molecule has 1 aliphatic heterocycles. The van der Waals surface area contributed by atoms with Crippen LogP contribution in [0.15, 0.2) is 36.5 Å². The van der Waals surface area contributed by atoms with Crippen molar-refractivity contribution in [3.63, 3.8) is 0 Å². The van der Waals surface area contributed by atoms with Crippen molar-refractivity contribution in [3.05, 3.63) is 58.9 Å². The van der Waals surface area contributed by atoms with E-state index in [0.717, 1.165) is 55.4 Å². The molecule has 1 aromatic carbocycles. The fourth-order valence-corrected chi connectivity index (χ4v) is 3.37. The average Bonchev–Trinajstić information content (AvgIpc) is 2.62. The number of nitrogens with one attached hydrogen (secondary N) is 1. The molecule has 2 aromatic rings. The van der Waals surface area contributed by atoms with Crippen LogP contribution in [0, 0.1) is 13.8 Å². The van der Waals surface area contributed by atoms with Gasteiger partial charge in [0.1, 0.15) is 12.4 Å². The zero-order valence-electron chi connectivity index (χ0n) is 16.0. The zero-order valence-corrected chi connectivity index (χ0v) is 16.0. The standard InChI is InChI=1S/C21H29N3O2/c1-16-10-18(12-22-13-20-14-24(3)8-9-25-20)11-17(2)21(16)26-15-19-6-4-5-7-23-19/h4-7,10-11,20,22H,8-9,12-15H2,1-3H3/t20-/m1/s1. The normalized spacial score (nSPS) is 18.0. The highest BCUT2D eigenvalue weighted by Gasteiger charge is 2.17. The molecule has 1 saturated heterocycles. The molecule has 1 N–H and O–H groups in total. The fourth-order valence-electron chi connectivity index (χ4n) is 3.37. The van der Waals surface area contributed by atoms with Crippen LogP contribution in [0.25, 0.3) is 0 Å². The lowest BCUT2D eigenvalue weighted by molar-refractivity contribution is -0.0182. The van der Waals surface area contributed by atoms with Crippen LogP contribution in [0.2, 0.25) is 0 Å². The Morgan fingerprint density at radius 3 is 2.77 bits per heavy atom. The van der Waals surface area contributed by atoms with Crippen LogP contribution in [-0.4, -0.2) is 49.3 Å². The van der Waals surface area contributed by atoms with Crippen molar-refractivity contribution in [1.29, 1.82) is 0 Å². The van der Waals surface area contributed by atoms with Crippen molar-refractivity contribution < 1.29 is 9.47 Å². The Morgan fingerprint density at radius 2 is 2.08 bits per heavy atom. The highest BCUT2D eigenvalue weighted by atomic mass is 16.5. The molecule has 0 saturated carbocycles. The first-order valence-electron chi connectivity index (χ1n) is 9.25. The van der Waals surface area contributed by atoms with Crippen LogP contribution in [0.4, 0.5) is 0 Å². The topological polar surface area (TPSA) is 46.6 Å². The molecule has 0 spiro atoms. The summed E-state index contributed by atoms with van der Waals surface area (Å²) in [7, 11) is 2.14. The Labute approximate surface area is 156 Å². The first-order chi connectivity index (χ1) is 12.6. The average molecular weight is 355 g/mol. The summed E-state index contributed by atoms with van der Waals surface area (Å²) in [5, 5.41) is 3.52. The van der Waals surface area contributed by atoms with Crippen LogP contribution in [0.3, 0.4) is 0 Å². The maximum atomic E-state index is 6.01. The van der Waals surface area contributed by atoms with Crippen LogP contribution in [0.1, 0.15) is 22.4 Å². The highest BCUT2D eigenvalue weighted by Crippen LogP contribution is 2.25. The Bertz CT molecular complexity index is 683. The minimum Gasteiger partial charge on any atom is -0.487 e. The van der Waals surface area contributed by atoms with E-state index in [1.807, 2.05) is 18.2 Å². The first-order valence-corrected chi connectivity index (χ1v) is 9.25. The van der Waals surface area contributed by atoms with Crippen molar-refractivity contribution in [3.8, 4) is 5.75 Å².